The van der Waals surface area contributed by atoms with Crippen LogP contribution in [-0.4, -0.2) is 32.4 Å². The van der Waals surface area contributed by atoms with Gasteiger partial charge in [0.1, 0.15) is 0 Å². The second-order valence-electron chi connectivity index (χ2n) is 4.80. The summed E-state index contributed by atoms with van der Waals surface area (Å²) in [4.78, 5) is 24.9. The fourth-order valence-corrected chi connectivity index (χ4v) is 2.89. The van der Waals surface area contributed by atoms with E-state index in [0.717, 1.165) is 9.58 Å². The van der Waals surface area contributed by atoms with Crippen LogP contribution in [0, 0.1) is 0 Å². The largest absolute Gasteiger partial charge is 0.365 e. The van der Waals surface area contributed by atoms with Crippen LogP contribution in [-0.2, 0) is 0 Å². The summed E-state index contributed by atoms with van der Waals surface area (Å²) in [5, 5.41) is 12.6. The average molecular weight is 362 g/mol. The molecule has 0 unspecified atom stereocenters. The molecule has 0 fully saturated rings. The number of anilines is 1. The molecule has 24 heavy (non-hydrogen) atoms. The van der Waals surface area contributed by atoms with Gasteiger partial charge in [0.05, 0.1) is 5.69 Å². The first-order chi connectivity index (χ1) is 11.6. The van der Waals surface area contributed by atoms with E-state index in [2.05, 4.69) is 20.8 Å². The standard InChI is InChI=1S/C15H12ClN5O2S/c1-24-13-6-9(5-10(16)7-13)14(22)17-11-3-2-4-12(8-11)21-15(23)18-19-20-21/h2-8H,1H3,(H,17,22)(H,18,20,23). The van der Waals surface area contributed by atoms with Gasteiger partial charge in [0.25, 0.3) is 5.91 Å². The minimum absolute atomic E-state index is 0.294. The van der Waals surface area contributed by atoms with E-state index in [-0.39, 0.29) is 5.91 Å². The number of benzene rings is 2. The van der Waals surface area contributed by atoms with Gasteiger partial charge in [0.2, 0.25) is 0 Å². The Hall–Kier alpha value is -2.58. The molecule has 0 radical (unpaired) electrons. The predicted molar refractivity (Wildman–Crippen MR) is 93.2 cm³/mol. The molecule has 0 aliphatic carbocycles. The molecule has 7 nitrogen and oxygen atoms in total. The molecule has 0 spiro atoms. The second-order valence-corrected chi connectivity index (χ2v) is 6.12. The summed E-state index contributed by atoms with van der Waals surface area (Å²) in [6, 6.07) is 11.9. The number of amides is 1. The van der Waals surface area contributed by atoms with Crippen LogP contribution in [0.3, 0.4) is 0 Å². The highest BCUT2D eigenvalue weighted by Crippen LogP contribution is 2.23. The Morgan fingerprint density at radius 3 is 2.83 bits per heavy atom. The van der Waals surface area contributed by atoms with Gasteiger partial charge in [-0.1, -0.05) is 17.7 Å². The molecule has 1 aromatic heterocycles. The van der Waals surface area contributed by atoms with Crippen molar-refractivity contribution in [3.05, 3.63) is 63.5 Å². The highest BCUT2D eigenvalue weighted by atomic mass is 35.5. The van der Waals surface area contributed by atoms with Gasteiger partial charge in [-0.2, -0.15) is 4.68 Å². The zero-order valence-electron chi connectivity index (χ0n) is 12.5. The van der Waals surface area contributed by atoms with Gasteiger partial charge >= 0.3 is 5.69 Å². The van der Waals surface area contributed by atoms with E-state index in [1.807, 2.05) is 6.26 Å². The van der Waals surface area contributed by atoms with E-state index in [1.165, 1.54) is 11.8 Å². The first kappa shape index (κ1) is 16.3. The molecule has 1 amide bonds. The van der Waals surface area contributed by atoms with Crippen LogP contribution in [0.1, 0.15) is 10.4 Å². The molecule has 0 atom stereocenters. The smallest absolute Gasteiger partial charge is 0.322 e. The van der Waals surface area contributed by atoms with Gasteiger partial charge < -0.3 is 5.32 Å². The van der Waals surface area contributed by atoms with Gasteiger partial charge in [-0.15, -0.1) is 11.8 Å². The third-order valence-corrected chi connectivity index (χ3v) is 4.12. The Kier molecular flexibility index (Phi) is 4.68. The number of hydrogen-bond donors (Lipinski definition) is 2. The fourth-order valence-electron chi connectivity index (χ4n) is 2.10. The van der Waals surface area contributed by atoms with Gasteiger partial charge in [-0.3, -0.25) is 4.79 Å². The molecular formula is C15H12ClN5O2S. The summed E-state index contributed by atoms with van der Waals surface area (Å²) in [5.74, 6) is -0.294. The molecular weight excluding hydrogens is 350 g/mol. The summed E-state index contributed by atoms with van der Waals surface area (Å²) in [6.45, 7) is 0. The molecule has 122 valence electrons. The SMILES string of the molecule is CSc1cc(Cl)cc(C(=O)Nc2cccc(-n3nn[nH]c3=O)c2)c1. The summed E-state index contributed by atoms with van der Waals surface area (Å²) in [7, 11) is 0. The van der Waals surface area contributed by atoms with Gasteiger partial charge in [-0.05, 0) is 53.1 Å². The zero-order valence-corrected chi connectivity index (χ0v) is 14.1. The minimum Gasteiger partial charge on any atom is -0.322 e. The molecule has 2 N–H and O–H groups in total. The third-order valence-electron chi connectivity index (χ3n) is 3.19. The number of nitrogens with one attached hydrogen (secondary N) is 2. The molecule has 0 bridgehead atoms. The Bertz CT molecular complexity index is 953. The van der Waals surface area contributed by atoms with Crippen molar-refractivity contribution in [2.45, 2.75) is 4.90 Å². The maximum absolute atomic E-state index is 12.4. The van der Waals surface area contributed by atoms with Crippen molar-refractivity contribution in [1.82, 2.24) is 20.2 Å². The monoisotopic (exact) mass is 361 g/mol. The Morgan fingerprint density at radius 1 is 1.29 bits per heavy atom. The maximum atomic E-state index is 12.4. The summed E-state index contributed by atoms with van der Waals surface area (Å²) >= 11 is 7.54. The quantitative estimate of drug-likeness (QED) is 0.697. The lowest BCUT2D eigenvalue weighted by atomic mass is 10.2. The first-order valence-electron chi connectivity index (χ1n) is 6.83. The number of tetrazole rings is 1. The van der Waals surface area contributed by atoms with E-state index in [0.29, 0.717) is 22.0 Å². The van der Waals surface area contributed by atoms with Gasteiger partial charge in [0, 0.05) is 21.2 Å². The van der Waals surface area contributed by atoms with Crippen molar-refractivity contribution in [3.8, 4) is 5.69 Å². The maximum Gasteiger partial charge on any atom is 0.365 e. The molecule has 9 heteroatoms. The third kappa shape index (κ3) is 3.50. The van der Waals surface area contributed by atoms with Crippen molar-refractivity contribution < 1.29 is 4.79 Å². The zero-order chi connectivity index (χ0) is 17.1. The van der Waals surface area contributed by atoms with Crippen LogP contribution in [0.25, 0.3) is 5.69 Å². The molecule has 3 aromatic rings. The van der Waals surface area contributed by atoms with E-state index in [9.17, 15) is 9.59 Å². The van der Waals surface area contributed by atoms with Crippen LogP contribution < -0.4 is 11.0 Å². The van der Waals surface area contributed by atoms with Crippen molar-refractivity contribution >= 4 is 35.0 Å². The number of aromatic nitrogens is 4. The molecule has 1 heterocycles. The highest BCUT2D eigenvalue weighted by molar-refractivity contribution is 7.98. The van der Waals surface area contributed by atoms with Gasteiger partial charge in [-0.25, -0.2) is 9.89 Å². The number of carbonyl (C=O) groups excluding carboxylic acids is 1. The number of carbonyl (C=O) groups is 1. The van der Waals surface area contributed by atoms with Gasteiger partial charge in [0.15, 0.2) is 0 Å². The van der Waals surface area contributed by atoms with Crippen molar-refractivity contribution in [2.75, 3.05) is 11.6 Å². The number of aromatic amines is 1. The minimum atomic E-state index is -0.460. The molecule has 0 saturated heterocycles. The number of thioether (sulfide) groups is 1. The predicted octanol–water partition coefficient (Wildman–Crippen LogP) is 2.58. The number of hydrogen-bond acceptors (Lipinski definition) is 5. The Morgan fingerprint density at radius 2 is 2.12 bits per heavy atom. The van der Waals surface area contributed by atoms with Crippen molar-refractivity contribution in [2.24, 2.45) is 0 Å². The van der Waals surface area contributed by atoms with Crippen molar-refractivity contribution in [1.29, 1.82) is 0 Å². The lowest BCUT2D eigenvalue weighted by Gasteiger charge is -2.08. The van der Waals surface area contributed by atoms with E-state index >= 15 is 0 Å². The van der Waals surface area contributed by atoms with Crippen molar-refractivity contribution in [3.63, 3.8) is 0 Å². The number of rotatable bonds is 4. The topological polar surface area (TPSA) is 92.7 Å². The average Bonchev–Trinajstić information content (AvgIpc) is 3.00. The molecule has 0 aliphatic heterocycles. The number of nitrogens with zero attached hydrogens (tertiary/aromatic N) is 3. The number of halogens is 1. The van der Waals surface area contributed by atoms with Crippen LogP contribution in [0.5, 0.6) is 0 Å². The van der Waals surface area contributed by atoms with Crippen LogP contribution in [0.4, 0.5) is 5.69 Å². The highest BCUT2D eigenvalue weighted by Gasteiger charge is 2.10. The Balaban J connectivity index is 1.86. The second kappa shape index (κ2) is 6.90. The molecule has 0 aliphatic rings. The summed E-state index contributed by atoms with van der Waals surface area (Å²) in [5.41, 5.74) is 1.01. The van der Waals surface area contributed by atoms with E-state index in [4.69, 9.17) is 11.6 Å². The summed E-state index contributed by atoms with van der Waals surface area (Å²) in [6.07, 6.45) is 1.91. The lowest BCUT2D eigenvalue weighted by Crippen LogP contribution is -2.17. The molecule has 0 saturated carbocycles. The van der Waals surface area contributed by atoms with E-state index in [1.54, 1.807) is 42.5 Å². The van der Waals surface area contributed by atoms with E-state index < -0.39 is 5.69 Å². The molecule has 3 rings (SSSR count). The van der Waals surface area contributed by atoms with Crippen LogP contribution >= 0.6 is 23.4 Å². The van der Waals surface area contributed by atoms with Crippen LogP contribution in [0.15, 0.2) is 52.2 Å². The summed E-state index contributed by atoms with van der Waals surface area (Å²) < 4.78 is 1.10. The fraction of sp³-hybridized carbons (Fsp3) is 0.0667. The molecule has 2 aromatic carbocycles. The van der Waals surface area contributed by atoms with Crippen LogP contribution in [0.2, 0.25) is 5.02 Å². The lowest BCUT2D eigenvalue weighted by molar-refractivity contribution is 0.102. The normalized spacial score (nSPS) is 10.6. The first-order valence-corrected chi connectivity index (χ1v) is 8.44. The Labute approximate surface area is 146 Å². The number of H-pyrrole nitrogens is 1.